The number of benzene rings is 2. The van der Waals surface area contributed by atoms with Gasteiger partial charge >= 0.3 is 0 Å². The summed E-state index contributed by atoms with van der Waals surface area (Å²) in [4.78, 5) is 0.186. The molecule has 0 saturated carbocycles. The largest absolute Gasteiger partial charge is 0.461 e. The summed E-state index contributed by atoms with van der Waals surface area (Å²) in [7, 11) is -3.70. The number of aryl methyl sites for hydroxylation is 2. The van der Waals surface area contributed by atoms with E-state index in [1.807, 2.05) is 19.1 Å². The second-order valence-corrected chi connectivity index (χ2v) is 11.1. The lowest BCUT2D eigenvalue weighted by Crippen LogP contribution is -2.28. The summed E-state index contributed by atoms with van der Waals surface area (Å²) in [5.41, 5.74) is 3.75. The minimum Gasteiger partial charge on any atom is -0.461 e. The highest BCUT2D eigenvalue weighted by Crippen LogP contribution is 2.43. The molecule has 0 amide bonds. The Kier molecular flexibility index (Phi) is 5.39. The summed E-state index contributed by atoms with van der Waals surface area (Å²) >= 11 is 5.90. The number of hydrogen-bond acceptors (Lipinski definition) is 3. The third kappa shape index (κ3) is 3.85. The first-order chi connectivity index (χ1) is 14.1. The van der Waals surface area contributed by atoms with Gasteiger partial charge in [0.15, 0.2) is 0 Å². The van der Waals surface area contributed by atoms with Gasteiger partial charge in [-0.05, 0) is 73.1 Å². The molecule has 1 aliphatic rings. The van der Waals surface area contributed by atoms with E-state index in [0.717, 1.165) is 48.0 Å². The maximum absolute atomic E-state index is 12.9. The summed E-state index contributed by atoms with van der Waals surface area (Å²) in [6, 6.07) is 10.0. The molecule has 1 aliphatic carbocycles. The summed E-state index contributed by atoms with van der Waals surface area (Å²) in [6.45, 7) is 8.81. The van der Waals surface area contributed by atoms with E-state index in [2.05, 4.69) is 25.5 Å². The fraction of sp³-hybridized carbons (Fsp3) is 0.417. The molecule has 160 valence electrons. The van der Waals surface area contributed by atoms with E-state index >= 15 is 0 Å². The lowest BCUT2D eigenvalue weighted by molar-refractivity contribution is 0.179. The number of hydrogen-bond donors (Lipinski definition) is 1. The molecule has 0 radical (unpaired) electrons. The first kappa shape index (κ1) is 21.3. The molecule has 30 heavy (non-hydrogen) atoms. The lowest BCUT2D eigenvalue weighted by atomic mass is 9.69. The van der Waals surface area contributed by atoms with Crippen LogP contribution in [0.1, 0.15) is 50.5 Å². The summed E-state index contributed by atoms with van der Waals surface area (Å²) in [5.74, 6) is 1.64. The highest BCUT2D eigenvalue weighted by Gasteiger charge is 2.33. The molecule has 2 aromatic carbocycles. The number of nitrogens with one attached hydrogen (secondary N) is 1. The predicted molar refractivity (Wildman–Crippen MR) is 123 cm³/mol. The molecule has 0 bridgehead atoms. The van der Waals surface area contributed by atoms with Crippen molar-refractivity contribution in [2.45, 2.75) is 58.3 Å². The van der Waals surface area contributed by atoms with Gasteiger partial charge in [-0.15, -0.1) is 0 Å². The van der Waals surface area contributed by atoms with Crippen molar-refractivity contribution in [1.29, 1.82) is 0 Å². The van der Waals surface area contributed by atoms with E-state index in [1.54, 1.807) is 12.1 Å². The van der Waals surface area contributed by atoms with E-state index in [0.29, 0.717) is 16.6 Å². The smallest absolute Gasteiger partial charge is 0.261 e. The van der Waals surface area contributed by atoms with Crippen molar-refractivity contribution in [2.75, 3.05) is 4.72 Å². The fourth-order valence-electron chi connectivity index (χ4n) is 4.31. The first-order valence-corrected chi connectivity index (χ1v) is 12.3. The van der Waals surface area contributed by atoms with Crippen molar-refractivity contribution in [3.8, 4) is 0 Å². The van der Waals surface area contributed by atoms with Crippen LogP contribution in [0.25, 0.3) is 11.0 Å². The molecule has 4 rings (SSSR count). The molecule has 1 atom stereocenters. The van der Waals surface area contributed by atoms with Gasteiger partial charge in [-0.3, -0.25) is 4.72 Å². The molecule has 1 aromatic heterocycles. The fourth-order valence-corrected chi connectivity index (χ4v) is 5.56. The topological polar surface area (TPSA) is 59.3 Å². The Labute approximate surface area is 183 Å². The van der Waals surface area contributed by atoms with Crippen molar-refractivity contribution >= 4 is 38.3 Å². The molecule has 3 aromatic rings. The Bertz CT molecular complexity index is 1190. The maximum Gasteiger partial charge on any atom is 0.261 e. The van der Waals surface area contributed by atoms with Crippen molar-refractivity contribution in [2.24, 2.45) is 11.3 Å². The minimum absolute atomic E-state index is 0.186. The zero-order valence-electron chi connectivity index (χ0n) is 17.9. The second-order valence-electron chi connectivity index (χ2n) is 9.01. The van der Waals surface area contributed by atoms with Gasteiger partial charge in [0.05, 0.1) is 10.6 Å². The van der Waals surface area contributed by atoms with Crippen LogP contribution in [0.3, 0.4) is 0 Å². The Hall–Kier alpha value is -1.98. The van der Waals surface area contributed by atoms with Crippen molar-refractivity contribution in [1.82, 2.24) is 0 Å². The lowest BCUT2D eigenvalue weighted by Gasteiger charge is -2.36. The molecule has 0 aliphatic heterocycles. The van der Waals surface area contributed by atoms with Crippen molar-refractivity contribution in [3.63, 3.8) is 0 Å². The molecule has 4 nitrogen and oxygen atoms in total. The molecule has 0 spiro atoms. The number of halogens is 1. The van der Waals surface area contributed by atoms with Gasteiger partial charge < -0.3 is 4.42 Å². The van der Waals surface area contributed by atoms with Gasteiger partial charge in [0.25, 0.3) is 10.0 Å². The van der Waals surface area contributed by atoms with Crippen LogP contribution >= 0.6 is 11.6 Å². The van der Waals surface area contributed by atoms with E-state index in [1.165, 1.54) is 17.7 Å². The van der Waals surface area contributed by atoms with Gasteiger partial charge in [0, 0.05) is 22.4 Å². The average Bonchev–Trinajstić information content (AvgIpc) is 3.05. The van der Waals surface area contributed by atoms with Crippen LogP contribution in [0.2, 0.25) is 5.02 Å². The Morgan fingerprint density at radius 1 is 1.20 bits per heavy atom. The number of sulfonamides is 1. The molecule has 0 fully saturated rings. The zero-order valence-corrected chi connectivity index (χ0v) is 19.5. The number of rotatable bonds is 5. The Morgan fingerprint density at radius 3 is 2.57 bits per heavy atom. The number of fused-ring (bicyclic) bond motifs is 3. The van der Waals surface area contributed by atoms with Crippen LogP contribution in [-0.4, -0.2) is 8.42 Å². The summed E-state index contributed by atoms with van der Waals surface area (Å²) in [6.07, 6.45) is 4.16. The SMILES string of the molecule is CCC(C)(C)[C@@H]1CCc2oc3cc(C)c(NS(=O)(=O)c4ccc(Cl)cc4)cc3c2C1. The van der Waals surface area contributed by atoms with Crippen LogP contribution in [-0.2, 0) is 22.9 Å². The van der Waals surface area contributed by atoms with Crippen LogP contribution in [0, 0.1) is 18.3 Å². The minimum atomic E-state index is -3.70. The highest BCUT2D eigenvalue weighted by molar-refractivity contribution is 7.92. The molecular formula is C24H28ClNO3S. The molecule has 1 N–H and O–H groups in total. The van der Waals surface area contributed by atoms with Crippen LogP contribution in [0.4, 0.5) is 5.69 Å². The molecule has 6 heteroatoms. The van der Waals surface area contributed by atoms with E-state index in [4.69, 9.17) is 16.0 Å². The molecule has 0 saturated heterocycles. The van der Waals surface area contributed by atoms with E-state index < -0.39 is 10.0 Å². The number of furan rings is 1. The second kappa shape index (κ2) is 7.61. The monoisotopic (exact) mass is 445 g/mol. The van der Waals surface area contributed by atoms with E-state index in [-0.39, 0.29) is 10.3 Å². The standard InChI is InChI=1S/C24H28ClNO3S/c1-5-24(3,4)16-6-11-22-19(13-16)20-14-21(15(2)12-23(20)29-22)26-30(27,28)18-9-7-17(25)8-10-18/h7-10,12,14,16,26H,5-6,11,13H2,1-4H3/t16-/m1/s1. The molecule has 1 heterocycles. The molecular weight excluding hydrogens is 418 g/mol. The summed E-state index contributed by atoms with van der Waals surface area (Å²) in [5, 5.41) is 1.52. The van der Waals surface area contributed by atoms with Gasteiger partial charge in [-0.2, -0.15) is 0 Å². The maximum atomic E-state index is 12.9. The molecule has 0 unspecified atom stereocenters. The highest BCUT2D eigenvalue weighted by atomic mass is 35.5. The van der Waals surface area contributed by atoms with Crippen molar-refractivity contribution < 1.29 is 12.8 Å². The first-order valence-electron chi connectivity index (χ1n) is 10.4. The Balaban J connectivity index is 1.72. The average molecular weight is 446 g/mol. The van der Waals surface area contributed by atoms with E-state index in [9.17, 15) is 8.42 Å². The zero-order chi connectivity index (χ0) is 21.7. The van der Waals surface area contributed by atoms with Gasteiger partial charge in [0.2, 0.25) is 0 Å². The predicted octanol–water partition coefficient (Wildman–Crippen LogP) is 6.74. The summed E-state index contributed by atoms with van der Waals surface area (Å²) < 4.78 is 34.7. The van der Waals surface area contributed by atoms with Crippen LogP contribution < -0.4 is 4.72 Å². The normalized spacial score (nSPS) is 17.2. The van der Waals surface area contributed by atoms with Gasteiger partial charge in [0.1, 0.15) is 11.3 Å². The Morgan fingerprint density at radius 2 is 1.90 bits per heavy atom. The van der Waals surface area contributed by atoms with Crippen LogP contribution in [0.5, 0.6) is 0 Å². The number of anilines is 1. The third-order valence-electron chi connectivity index (χ3n) is 6.78. The quantitative estimate of drug-likeness (QED) is 0.473. The van der Waals surface area contributed by atoms with Gasteiger partial charge in [-0.25, -0.2) is 8.42 Å². The van der Waals surface area contributed by atoms with Crippen molar-refractivity contribution in [3.05, 3.63) is 58.3 Å². The third-order valence-corrected chi connectivity index (χ3v) is 8.41. The van der Waals surface area contributed by atoms with Crippen LogP contribution in [0.15, 0.2) is 45.7 Å². The van der Waals surface area contributed by atoms with Gasteiger partial charge in [-0.1, -0.05) is 38.8 Å².